The van der Waals surface area contributed by atoms with Crippen molar-refractivity contribution < 1.29 is 47.7 Å². The van der Waals surface area contributed by atoms with Crippen molar-refractivity contribution >= 4 is 49.3 Å². The number of nitrogen functional groups attached to an aromatic ring is 2. The third kappa shape index (κ3) is 5.34. The number of aliphatic hydroxyl groups excluding tert-OH is 2. The number of ether oxygens (including phenoxy) is 2. The number of nitrogens with two attached hydrogens (primary N) is 2. The Morgan fingerprint density at radius 1 is 0.822 bits per heavy atom. The molecule has 0 amide bonds. The smallest absolute Gasteiger partial charge is 0.328 e. The van der Waals surface area contributed by atoms with Crippen molar-refractivity contribution in [1.82, 2.24) is 39.0 Å². The Morgan fingerprint density at radius 2 is 1.44 bits per heavy atom. The maximum Gasteiger partial charge on any atom is 0.328 e. The molecule has 0 aliphatic carbocycles. The van der Waals surface area contributed by atoms with Crippen molar-refractivity contribution in [3.05, 3.63) is 29.3 Å². The summed E-state index contributed by atoms with van der Waals surface area (Å²) < 4.78 is 52.5. The fourth-order valence-electron chi connectivity index (χ4n) is 5.86. The number of hydrogen-bond acceptors (Lipinski definition) is 16. The van der Waals surface area contributed by atoms with Crippen LogP contribution in [0.3, 0.4) is 0 Å². The molecule has 4 aromatic rings. The quantitative estimate of drug-likeness (QED) is 0.120. The number of aromatic amines is 1. The van der Waals surface area contributed by atoms with E-state index in [9.17, 15) is 33.9 Å². The van der Waals surface area contributed by atoms with Crippen LogP contribution in [0.15, 0.2) is 23.8 Å². The lowest BCUT2D eigenvalue weighted by atomic mass is 10.1. The summed E-state index contributed by atoms with van der Waals surface area (Å²) in [6.45, 7) is 0. The first-order chi connectivity index (χ1) is 21.3. The average molecular weight is 670 g/mol. The second kappa shape index (κ2) is 10.9. The monoisotopic (exact) mass is 670 g/mol. The summed E-state index contributed by atoms with van der Waals surface area (Å²) in [5, 5.41) is 22.4. The minimum Gasteiger partial charge on any atom is -0.387 e. The van der Waals surface area contributed by atoms with Gasteiger partial charge in [0.2, 0.25) is 5.95 Å². The van der Waals surface area contributed by atoms with Gasteiger partial charge in [0.05, 0.1) is 37.2 Å². The molecule has 0 aromatic carbocycles. The molecular formula is C22H28N10O11P2. The Kier molecular flexibility index (Phi) is 7.32. The topological polar surface area (TPSA) is 311 Å². The molecule has 10 atom stereocenters. The maximum absolute atomic E-state index is 13.4. The molecule has 23 heteroatoms. The summed E-state index contributed by atoms with van der Waals surface area (Å²) >= 11 is 0. The van der Waals surface area contributed by atoms with Crippen LogP contribution in [0.25, 0.3) is 22.3 Å². The number of aliphatic hydroxyl groups is 2. The molecule has 2 bridgehead atoms. The molecule has 7 rings (SSSR count). The van der Waals surface area contributed by atoms with E-state index in [2.05, 4.69) is 29.9 Å². The minimum atomic E-state index is -4.57. The Labute approximate surface area is 251 Å². The molecule has 4 aromatic heterocycles. The van der Waals surface area contributed by atoms with E-state index in [0.717, 1.165) is 0 Å². The molecule has 21 nitrogen and oxygen atoms in total. The number of H-pyrrole nitrogens is 1. The normalized spacial score (nSPS) is 37.7. The number of imidazole rings is 2. The van der Waals surface area contributed by atoms with Crippen molar-refractivity contribution in [2.45, 2.75) is 61.9 Å². The second-order valence-electron chi connectivity index (χ2n) is 10.9. The lowest BCUT2D eigenvalue weighted by molar-refractivity contribution is -0.0374. The number of nitrogens with one attached hydrogen (secondary N) is 1. The highest BCUT2D eigenvalue weighted by Crippen LogP contribution is 2.54. The van der Waals surface area contributed by atoms with Crippen LogP contribution in [0.1, 0.15) is 25.3 Å². The molecule has 242 valence electrons. The number of hydrogen-bond donors (Lipinski definition) is 7. The first-order valence-electron chi connectivity index (χ1n) is 13.6. The second-order valence-corrected chi connectivity index (χ2v) is 14.8. The fraction of sp³-hybridized carbons (Fsp3) is 0.545. The summed E-state index contributed by atoms with van der Waals surface area (Å²) in [5.74, 6) is -0.156. The van der Waals surface area contributed by atoms with Crippen LogP contribution in [0, 0.1) is 0 Å². The van der Waals surface area contributed by atoms with E-state index >= 15 is 0 Å². The number of nitrogens with zero attached hydrogens (tertiary/aromatic N) is 7. The van der Waals surface area contributed by atoms with Crippen molar-refractivity contribution in [1.29, 1.82) is 0 Å². The number of rotatable bonds is 2. The lowest BCUT2D eigenvalue weighted by Crippen LogP contribution is -2.34. The van der Waals surface area contributed by atoms with Crippen LogP contribution in [-0.4, -0.2) is 108 Å². The van der Waals surface area contributed by atoms with Gasteiger partial charge in [0.15, 0.2) is 35.1 Å². The van der Waals surface area contributed by atoms with Gasteiger partial charge >= 0.3 is 15.2 Å². The SMILES string of the molecule is Nc1nc2c(ncn2C2OC3CCP(=O)(O)OC4C(CCP(=O)(O)OC2C3O)OC(n2cnc3c(N)ncnc32)C4O)c(=O)[nH]1. The van der Waals surface area contributed by atoms with Crippen LogP contribution in [0.4, 0.5) is 11.8 Å². The summed E-state index contributed by atoms with van der Waals surface area (Å²) in [6, 6.07) is 0. The van der Waals surface area contributed by atoms with Gasteiger partial charge in [0, 0.05) is 0 Å². The zero-order valence-electron chi connectivity index (χ0n) is 23.0. The predicted octanol–water partition coefficient (Wildman–Crippen LogP) is -1.42. The number of anilines is 2. The molecule has 3 saturated heterocycles. The zero-order valence-corrected chi connectivity index (χ0v) is 24.8. The van der Waals surface area contributed by atoms with Crippen LogP contribution < -0.4 is 17.0 Å². The highest BCUT2D eigenvalue weighted by atomic mass is 31.2. The maximum atomic E-state index is 13.4. The summed E-state index contributed by atoms with van der Waals surface area (Å²) in [6.07, 6.45) is -9.00. The van der Waals surface area contributed by atoms with E-state index in [0.29, 0.717) is 0 Å². The van der Waals surface area contributed by atoms with Gasteiger partial charge < -0.3 is 40.9 Å². The molecule has 3 aliphatic heterocycles. The third-order valence-electron chi connectivity index (χ3n) is 7.97. The summed E-state index contributed by atoms with van der Waals surface area (Å²) in [4.78, 5) is 56.6. The predicted molar refractivity (Wildman–Crippen MR) is 150 cm³/mol. The Hall–Kier alpha value is -3.36. The van der Waals surface area contributed by atoms with Crippen molar-refractivity contribution in [3.8, 4) is 0 Å². The zero-order chi connectivity index (χ0) is 31.8. The van der Waals surface area contributed by atoms with Gasteiger partial charge in [0.1, 0.15) is 36.3 Å². The first kappa shape index (κ1) is 30.3. The largest absolute Gasteiger partial charge is 0.387 e. The van der Waals surface area contributed by atoms with E-state index in [4.69, 9.17) is 30.0 Å². The first-order valence-corrected chi connectivity index (χ1v) is 17.2. The van der Waals surface area contributed by atoms with Gasteiger partial charge in [-0.1, -0.05) is 0 Å². The molecule has 7 heterocycles. The Morgan fingerprint density at radius 3 is 2.18 bits per heavy atom. The van der Waals surface area contributed by atoms with Gasteiger partial charge in [-0.05, 0) is 12.8 Å². The van der Waals surface area contributed by atoms with Crippen LogP contribution in [0.2, 0.25) is 0 Å². The molecule has 0 saturated carbocycles. The van der Waals surface area contributed by atoms with E-state index < -0.39 is 82.2 Å². The molecule has 3 aliphatic rings. The Balaban J connectivity index is 1.21. The molecule has 9 N–H and O–H groups in total. The van der Waals surface area contributed by atoms with Crippen molar-refractivity contribution in [2.75, 3.05) is 23.8 Å². The molecule has 0 spiro atoms. The van der Waals surface area contributed by atoms with Gasteiger partial charge in [0.25, 0.3) is 5.56 Å². The van der Waals surface area contributed by atoms with E-state index in [1.807, 2.05) is 0 Å². The highest BCUT2D eigenvalue weighted by molar-refractivity contribution is 7.53. The summed E-state index contributed by atoms with van der Waals surface area (Å²) in [7, 11) is -9.08. The van der Waals surface area contributed by atoms with Crippen molar-refractivity contribution in [2.24, 2.45) is 0 Å². The van der Waals surface area contributed by atoms with E-state index in [-0.39, 0.29) is 46.9 Å². The Bertz CT molecular complexity index is 1930. The highest BCUT2D eigenvalue weighted by Gasteiger charge is 2.53. The number of aromatic nitrogens is 8. The standard InChI is InChI=1S/C22H28N10O11P2/c23-16-10-17(26-5-25-16)31(6-27-10)20-13(34)14-9(41-20)2-4-45(38,39)43-15-12(33)8(1-3-44(36,37)42-14)40-21(15)32-7-28-11-18(32)29-22(24)30-19(11)35/h5-9,12-15,20-21,33-34H,1-4H2,(H,36,37)(H,38,39)(H2,23,25,26)(H3,24,29,30,35). The molecule has 3 fully saturated rings. The van der Waals surface area contributed by atoms with Gasteiger partial charge in [-0.15, -0.1) is 0 Å². The van der Waals surface area contributed by atoms with Crippen LogP contribution in [0.5, 0.6) is 0 Å². The van der Waals surface area contributed by atoms with Gasteiger partial charge in [-0.3, -0.25) is 37.1 Å². The fourth-order valence-corrected chi connectivity index (χ4v) is 8.48. The summed E-state index contributed by atoms with van der Waals surface area (Å²) in [5.41, 5.74) is 11.2. The van der Waals surface area contributed by atoms with Crippen LogP contribution in [-0.2, 0) is 27.7 Å². The van der Waals surface area contributed by atoms with Gasteiger partial charge in [-0.2, -0.15) is 4.98 Å². The average Bonchev–Trinajstić information content (AvgIpc) is 3.72. The molecule has 10 unspecified atom stereocenters. The lowest BCUT2D eigenvalue weighted by Gasteiger charge is -2.26. The van der Waals surface area contributed by atoms with Crippen LogP contribution >= 0.6 is 15.2 Å². The molecule has 45 heavy (non-hydrogen) atoms. The van der Waals surface area contributed by atoms with E-state index in [1.165, 1.54) is 28.1 Å². The van der Waals surface area contributed by atoms with Gasteiger partial charge in [-0.25, -0.2) is 19.9 Å². The minimum absolute atomic E-state index is 0.0472. The van der Waals surface area contributed by atoms with Crippen molar-refractivity contribution in [3.63, 3.8) is 0 Å². The molecule has 0 radical (unpaired) electrons. The number of fused-ring (bicyclic) bond motifs is 5. The third-order valence-corrected chi connectivity index (χ3v) is 10.8. The van der Waals surface area contributed by atoms with E-state index in [1.54, 1.807) is 0 Å². The molecular weight excluding hydrogens is 642 g/mol.